The minimum Gasteiger partial charge on any atom is -0.448 e. The molecule has 0 aliphatic carbocycles. The molecule has 2 heterocycles. The predicted molar refractivity (Wildman–Crippen MR) is 155 cm³/mol. The van der Waals surface area contributed by atoms with E-state index in [1.807, 2.05) is 41.0 Å². The third kappa shape index (κ3) is 6.42. The van der Waals surface area contributed by atoms with Crippen molar-refractivity contribution in [2.45, 2.75) is 51.9 Å². The van der Waals surface area contributed by atoms with Gasteiger partial charge in [0, 0.05) is 38.3 Å². The Bertz CT molecular complexity index is 1360. The third-order valence-electron chi connectivity index (χ3n) is 7.78. The number of likely N-dealkylation sites (tertiary alicyclic amines) is 1. The Morgan fingerprint density at radius 2 is 1.46 bits per heavy atom. The molecule has 204 valence electrons. The monoisotopic (exact) mass is 526 g/mol. The van der Waals surface area contributed by atoms with Crippen molar-refractivity contribution in [1.29, 1.82) is 0 Å². The zero-order valence-electron chi connectivity index (χ0n) is 22.8. The molecule has 7 nitrogen and oxygen atoms in total. The first-order valence-electron chi connectivity index (χ1n) is 13.9. The van der Waals surface area contributed by atoms with Crippen LogP contribution in [0.3, 0.4) is 0 Å². The molecule has 39 heavy (non-hydrogen) atoms. The van der Waals surface area contributed by atoms with Crippen LogP contribution >= 0.6 is 0 Å². The Balaban J connectivity index is 1.22. The van der Waals surface area contributed by atoms with Gasteiger partial charge in [-0.3, -0.25) is 9.47 Å². The van der Waals surface area contributed by atoms with Crippen LogP contribution in [-0.4, -0.2) is 51.2 Å². The van der Waals surface area contributed by atoms with Crippen molar-refractivity contribution in [2.24, 2.45) is 5.92 Å². The van der Waals surface area contributed by atoms with E-state index in [9.17, 15) is 9.59 Å². The molecule has 7 heteroatoms. The maximum atomic E-state index is 13.1. The lowest BCUT2D eigenvalue weighted by atomic mass is 10.0. The molecule has 3 aromatic carbocycles. The number of nitrogens with zero attached hydrogens (tertiary/aromatic N) is 3. The highest BCUT2D eigenvalue weighted by atomic mass is 16.6. The maximum absolute atomic E-state index is 13.1. The van der Waals surface area contributed by atoms with Crippen molar-refractivity contribution in [3.8, 4) is 0 Å². The second-order valence-electron chi connectivity index (χ2n) is 10.8. The van der Waals surface area contributed by atoms with Crippen LogP contribution in [-0.2, 0) is 17.8 Å². The Labute approximate surface area is 230 Å². The molecule has 0 saturated carbocycles. The highest BCUT2D eigenvalue weighted by Crippen LogP contribution is 2.26. The van der Waals surface area contributed by atoms with Crippen molar-refractivity contribution in [1.82, 2.24) is 19.4 Å². The fourth-order valence-corrected chi connectivity index (χ4v) is 5.64. The van der Waals surface area contributed by atoms with Gasteiger partial charge in [0.05, 0.1) is 11.0 Å². The minimum absolute atomic E-state index is 0.0633. The van der Waals surface area contributed by atoms with Crippen molar-refractivity contribution in [3.63, 3.8) is 0 Å². The Hall–Kier alpha value is -3.84. The van der Waals surface area contributed by atoms with Crippen LogP contribution in [0.2, 0.25) is 0 Å². The van der Waals surface area contributed by atoms with E-state index in [1.54, 1.807) is 4.90 Å². The molecule has 1 amide bonds. The van der Waals surface area contributed by atoms with Crippen molar-refractivity contribution in [3.05, 3.63) is 107 Å². The predicted octanol–water partition coefficient (Wildman–Crippen LogP) is 5.83. The van der Waals surface area contributed by atoms with E-state index in [1.165, 1.54) is 11.1 Å². The van der Waals surface area contributed by atoms with Gasteiger partial charge in [0.2, 0.25) is 0 Å². The summed E-state index contributed by atoms with van der Waals surface area (Å²) in [5.41, 5.74) is 4.15. The first-order chi connectivity index (χ1) is 19.0. The highest BCUT2D eigenvalue weighted by Gasteiger charge is 2.29. The second-order valence-corrected chi connectivity index (χ2v) is 10.8. The van der Waals surface area contributed by atoms with Gasteiger partial charge in [-0.2, -0.15) is 0 Å². The molecule has 1 fully saturated rings. The Morgan fingerprint density at radius 3 is 2.05 bits per heavy atom. The van der Waals surface area contributed by atoms with Gasteiger partial charge in [-0.25, -0.2) is 9.59 Å². The Morgan fingerprint density at radius 1 is 0.897 bits per heavy atom. The lowest BCUT2D eigenvalue weighted by Crippen LogP contribution is -2.45. The lowest BCUT2D eigenvalue weighted by Gasteiger charge is -2.36. The summed E-state index contributed by atoms with van der Waals surface area (Å²) in [6.07, 6.45) is 1.17. The number of aromatic amines is 1. The van der Waals surface area contributed by atoms with E-state index in [2.05, 4.69) is 72.3 Å². The average molecular weight is 527 g/mol. The molecule has 0 unspecified atom stereocenters. The third-order valence-corrected chi connectivity index (χ3v) is 7.78. The molecular weight excluding hydrogens is 488 g/mol. The van der Waals surface area contributed by atoms with Crippen molar-refractivity contribution >= 4 is 17.1 Å². The first kappa shape index (κ1) is 26.8. The van der Waals surface area contributed by atoms with Crippen LogP contribution in [0.1, 0.15) is 43.9 Å². The molecule has 1 aliphatic rings. The van der Waals surface area contributed by atoms with Gasteiger partial charge in [-0.1, -0.05) is 86.6 Å². The fraction of sp³-hybridized carbons (Fsp3) is 0.375. The van der Waals surface area contributed by atoms with E-state index < -0.39 is 0 Å². The number of nitrogens with one attached hydrogen (secondary N) is 1. The summed E-state index contributed by atoms with van der Waals surface area (Å²) in [5.74, 6) is 0.296. The number of carbonyl (C=O) groups is 1. The summed E-state index contributed by atoms with van der Waals surface area (Å²) in [6.45, 7) is 7.40. The normalized spacial score (nSPS) is 15.2. The minimum atomic E-state index is -0.273. The summed E-state index contributed by atoms with van der Waals surface area (Å²) >= 11 is 0. The van der Waals surface area contributed by atoms with E-state index in [4.69, 9.17) is 4.74 Å². The molecular formula is C32H38N4O3. The molecule has 5 rings (SSSR count). The van der Waals surface area contributed by atoms with E-state index in [0.29, 0.717) is 25.6 Å². The molecule has 0 radical (unpaired) electrons. The fourth-order valence-electron chi connectivity index (χ4n) is 5.64. The number of imidazole rings is 1. The van der Waals surface area contributed by atoms with Gasteiger partial charge in [0.1, 0.15) is 6.61 Å². The van der Waals surface area contributed by atoms with Crippen molar-refractivity contribution in [2.75, 3.05) is 19.7 Å². The number of amides is 1. The van der Waals surface area contributed by atoms with Gasteiger partial charge in [0.25, 0.3) is 0 Å². The topological polar surface area (TPSA) is 70.6 Å². The number of para-hydroxylation sites is 2. The molecule has 1 saturated heterocycles. The van der Waals surface area contributed by atoms with Crippen LogP contribution in [0, 0.1) is 5.92 Å². The van der Waals surface area contributed by atoms with Gasteiger partial charge < -0.3 is 14.6 Å². The first-order valence-corrected chi connectivity index (χ1v) is 13.9. The van der Waals surface area contributed by atoms with Crippen LogP contribution in [0.25, 0.3) is 11.0 Å². The van der Waals surface area contributed by atoms with Gasteiger partial charge in [-0.05, 0) is 42.0 Å². The number of H-pyrrole nitrogens is 1. The number of fused-ring (bicyclic) bond motifs is 1. The van der Waals surface area contributed by atoms with E-state index >= 15 is 0 Å². The molecule has 4 aromatic rings. The van der Waals surface area contributed by atoms with Gasteiger partial charge in [-0.15, -0.1) is 0 Å². The molecule has 0 spiro atoms. The van der Waals surface area contributed by atoms with Crippen LogP contribution in [0.15, 0.2) is 89.7 Å². The number of hydrogen-bond donors (Lipinski definition) is 1. The van der Waals surface area contributed by atoms with E-state index in [-0.39, 0.29) is 23.9 Å². The van der Waals surface area contributed by atoms with Gasteiger partial charge in [0.15, 0.2) is 0 Å². The smallest absolute Gasteiger partial charge is 0.409 e. The summed E-state index contributed by atoms with van der Waals surface area (Å²) in [6, 6.07) is 28.8. The zero-order chi connectivity index (χ0) is 27.2. The number of aromatic nitrogens is 2. The van der Waals surface area contributed by atoms with Gasteiger partial charge >= 0.3 is 11.8 Å². The highest BCUT2D eigenvalue weighted by molar-refractivity contribution is 5.75. The molecule has 1 atom stereocenters. The lowest BCUT2D eigenvalue weighted by molar-refractivity contribution is 0.0371. The number of rotatable bonds is 9. The van der Waals surface area contributed by atoms with Crippen LogP contribution in [0.5, 0.6) is 0 Å². The zero-order valence-corrected chi connectivity index (χ0v) is 22.8. The molecule has 1 aliphatic heterocycles. The Kier molecular flexibility index (Phi) is 8.47. The standard InChI is InChI=1S/C32H38N4O3/c1-24(2)30(35(21-25-11-5-3-6-12-25)22-26-13-7-4-8-14-26)23-39-32(38)34-19-17-27(18-20-34)36-29-16-10-9-15-28(29)33-31(36)37/h3-16,24,27,30H,17-23H2,1-2H3,(H,33,37)/t30-/m1/s1. The van der Waals surface area contributed by atoms with Crippen LogP contribution < -0.4 is 5.69 Å². The number of hydrogen-bond acceptors (Lipinski definition) is 4. The quantitative estimate of drug-likeness (QED) is 0.298. The summed E-state index contributed by atoms with van der Waals surface area (Å²) < 4.78 is 7.80. The largest absolute Gasteiger partial charge is 0.448 e. The molecule has 0 bridgehead atoms. The number of ether oxygens (including phenoxy) is 1. The van der Waals surface area contributed by atoms with E-state index in [0.717, 1.165) is 37.0 Å². The van der Waals surface area contributed by atoms with Crippen LogP contribution in [0.4, 0.5) is 4.79 Å². The average Bonchev–Trinajstić information content (AvgIpc) is 3.29. The number of benzene rings is 3. The maximum Gasteiger partial charge on any atom is 0.409 e. The molecule has 1 N–H and O–H groups in total. The summed E-state index contributed by atoms with van der Waals surface area (Å²) in [7, 11) is 0. The SMILES string of the molecule is CC(C)[C@@H](COC(=O)N1CCC(n2c(=O)[nH]c3ccccc32)CC1)N(Cc1ccccc1)Cc1ccccc1. The molecule has 1 aromatic heterocycles. The number of piperidine rings is 1. The van der Waals surface area contributed by atoms with Crippen molar-refractivity contribution < 1.29 is 9.53 Å². The second kappa shape index (κ2) is 12.3. The number of carbonyl (C=O) groups excluding carboxylic acids is 1. The summed E-state index contributed by atoms with van der Waals surface area (Å²) in [4.78, 5) is 32.9. The summed E-state index contributed by atoms with van der Waals surface area (Å²) in [5, 5.41) is 0.